The molecule has 0 spiro atoms. The van der Waals surface area contributed by atoms with Crippen molar-refractivity contribution in [2.24, 2.45) is 0 Å². The number of carboxylic acid groups (broad SMARTS) is 1. The van der Waals surface area contributed by atoms with Crippen molar-refractivity contribution in [2.45, 2.75) is 31.3 Å². The van der Waals surface area contributed by atoms with E-state index in [1.54, 1.807) is 20.8 Å². The first-order valence-corrected chi connectivity index (χ1v) is 6.95. The van der Waals surface area contributed by atoms with Gasteiger partial charge < -0.3 is 9.84 Å². The number of nitro groups is 1. The molecule has 0 amide bonds. The number of carboxylic acids is 1. The third kappa shape index (κ3) is 5.42. The summed E-state index contributed by atoms with van der Waals surface area (Å²) >= 11 is 1.05. The normalized spacial score (nSPS) is 11.0. The molecule has 0 saturated carbocycles. The molecule has 21 heavy (non-hydrogen) atoms. The number of hydrogen-bond donors (Lipinski definition) is 1. The highest BCUT2D eigenvalue weighted by Gasteiger charge is 2.21. The number of carbonyl (C=O) groups is 2. The van der Waals surface area contributed by atoms with E-state index in [4.69, 9.17) is 9.84 Å². The van der Waals surface area contributed by atoms with Crippen molar-refractivity contribution < 1.29 is 24.4 Å². The standard InChI is InChI=1S/C13H15NO6S/c1-13(2,3)20-11(15)7-21-8-4-5-9(12(16)17)10(6-8)14(18)19/h4-6H,7H2,1-3H3,(H,16,17). The number of thioether (sulfide) groups is 1. The molecule has 1 aromatic carbocycles. The minimum Gasteiger partial charge on any atom is -0.477 e. The molecule has 0 aliphatic rings. The van der Waals surface area contributed by atoms with Crippen molar-refractivity contribution in [2.75, 3.05) is 5.75 Å². The molecule has 0 unspecified atom stereocenters. The summed E-state index contributed by atoms with van der Waals surface area (Å²) in [5, 5.41) is 19.7. The van der Waals surface area contributed by atoms with Gasteiger partial charge in [0, 0.05) is 11.0 Å². The first kappa shape index (κ1) is 17.0. The zero-order valence-electron chi connectivity index (χ0n) is 11.8. The number of nitrogens with zero attached hydrogens (tertiary/aromatic N) is 1. The highest BCUT2D eigenvalue weighted by atomic mass is 32.2. The van der Waals surface area contributed by atoms with E-state index in [-0.39, 0.29) is 11.3 Å². The molecule has 114 valence electrons. The molecule has 0 heterocycles. The largest absolute Gasteiger partial charge is 0.477 e. The van der Waals surface area contributed by atoms with Crippen LogP contribution in [0.2, 0.25) is 0 Å². The van der Waals surface area contributed by atoms with Gasteiger partial charge in [-0.05, 0) is 32.9 Å². The highest BCUT2D eigenvalue weighted by Crippen LogP contribution is 2.27. The summed E-state index contributed by atoms with van der Waals surface area (Å²) in [6, 6.07) is 3.71. The highest BCUT2D eigenvalue weighted by molar-refractivity contribution is 8.00. The summed E-state index contributed by atoms with van der Waals surface area (Å²) in [6.07, 6.45) is 0. The number of benzene rings is 1. The Morgan fingerprint density at radius 1 is 1.38 bits per heavy atom. The van der Waals surface area contributed by atoms with Crippen LogP contribution in [-0.4, -0.2) is 33.3 Å². The average Bonchev–Trinajstić information content (AvgIpc) is 2.33. The van der Waals surface area contributed by atoms with Gasteiger partial charge in [-0.25, -0.2) is 4.79 Å². The van der Waals surface area contributed by atoms with Crippen LogP contribution in [0.1, 0.15) is 31.1 Å². The van der Waals surface area contributed by atoms with Crippen LogP contribution in [0.4, 0.5) is 5.69 Å². The zero-order chi connectivity index (χ0) is 16.2. The van der Waals surface area contributed by atoms with Crippen LogP contribution in [0.5, 0.6) is 0 Å². The van der Waals surface area contributed by atoms with Crippen LogP contribution in [0.25, 0.3) is 0 Å². The van der Waals surface area contributed by atoms with E-state index in [0.29, 0.717) is 4.90 Å². The molecule has 1 rings (SSSR count). The summed E-state index contributed by atoms with van der Waals surface area (Å²) in [5.74, 6) is -1.83. The Morgan fingerprint density at radius 2 is 2.00 bits per heavy atom. The van der Waals surface area contributed by atoms with Crippen LogP contribution in [0.3, 0.4) is 0 Å². The molecule has 7 nitrogen and oxygen atoms in total. The Hall–Kier alpha value is -2.09. The summed E-state index contributed by atoms with van der Waals surface area (Å²) < 4.78 is 5.11. The van der Waals surface area contributed by atoms with Crippen LogP contribution >= 0.6 is 11.8 Å². The second-order valence-electron chi connectivity index (χ2n) is 5.12. The van der Waals surface area contributed by atoms with Crippen molar-refractivity contribution in [3.8, 4) is 0 Å². The van der Waals surface area contributed by atoms with Gasteiger partial charge in [0.05, 0.1) is 10.7 Å². The van der Waals surface area contributed by atoms with E-state index < -0.39 is 28.2 Å². The molecule has 0 aliphatic carbocycles. The van der Waals surface area contributed by atoms with Crippen molar-refractivity contribution in [3.63, 3.8) is 0 Å². The molecule has 0 aliphatic heterocycles. The van der Waals surface area contributed by atoms with Crippen LogP contribution in [0.15, 0.2) is 23.1 Å². The molecule has 1 aromatic rings. The maximum atomic E-state index is 11.6. The van der Waals surface area contributed by atoms with Crippen molar-refractivity contribution in [3.05, 3.63) is 33.9 Å². The topological polar surface area (TPSA) is 107 Å². The van der Waals surface area contributed by atoms with E-state index in [2.05, 4.69) is 0 Å². The Bertz CT molecular complexity index is 579. The molecule has 8 heteroatoms. The molecule has 0 saturated heterocycles. The van der Waals surface area contributed by atoms with E-state index in [9.17, 15) is 19.7 Å². The summed E-state index contributed by atoms with van der Waals surface area (Å²) in [4.78, 5) is 32.9. The van der Waals surface area contributed by atoms with E-state index in [0.717, 1.165) is 23.9 Å². The number of carbonyl (C=O) groups excluding carboxylic acids is 1. The third-order valence-electron chi connectivity index (χ3n) is 2.17. The first-order chi connectivity index (χ1) is 9.60. The fourth-order valence-corrected chi connectivity index (χ4v) is 2.15. The average molecular weight is 313 g/mol. The van der Waals surface area contributed by atoms with Crippen molar-refractivity contribution >= 4 is 29.4 Å². The maximum Gasteiger partial charge on any atom is 0.342 e. The fraction of sp³-hybridized carbons (Fsp3) is 0.385. The smallest absolute Gasteiger partial charge is 0.342 e. The molecule has 0 fully saturated rings. The van der Waals surface area contributed by atoms with Gasteiger partial charge >= 0.3 is 11.9 Å². The van der Waals surface area contributed by atoms with Crippen molar-refractivity contribution in [1.82, 2.24) is 0 Å². The predicted molar refractivity (Wildman–Crippen MR) is 76.6 cm³/mol. The minimum atomic E-state index is -1.37. The Balaban J connectivity index is 2.82. The number of hydrogen-bond acceptors (Lipinski definition) is 6. The lowest BCUT2D eigenvalue weighted by Gasteiger charge is -2.19. The van der Waals surface area contributed by atoms with E-state index >= 15 is 0 Å². The fourth-order valence-electron chi connectivity index (χ4n) is 1.45. The van der Waals surface area contributed by atoms with Gasteiger partial charge in [0.15, 0.2) is 0 Å². The van der Waals surface area contributed by atoms with Gasteiger partial charge in [0.25, 0.3) is 5.69 Å². The zero-order valence-corrected chi connectivity index (χ0v) is 12.6. The number of esters is 1. The van der Waals surface area contributed by atoms with Gasteiger partial charge in [0.2, 0.25) is 0 Å². The SMILES string of the molecule is CC(C)(C)OC(=O)CSc1ccc(C(=O)O)c([N+](=O)[O-])c1. The monoisotopic (exact) mass is 313 g/mol. The van der Waals surface area contributed by atoms with Gasteiger partial charge in [-0.15, -0.1) is 11.8 Å². The van der Waals surface area contributed by atoms with E-state index in [1.165, 1.54) is 6.07 Å². The lowest BCUT2D eigenvalue weighted by Crippen LogP contribution is -2.24. The Labute approximate surface area is 125 Å². The molecule has 0 aromatic heterocycles. The molecule has 0 bridgehead atoms. The minimum absolute atomic E-state index is 0.0131. The summed E-state index contributed by atoms with van der Waals surface area (Å²) in [5.41, 5.74) is -1.49. The van der Waals surface area contributed by atoms with Crippen molar-refractivity contribution in [1.29, 1.82) is 0 Å². The molecule has 0 radical (unpaired) electrons. The number of ether oxygens (including phenoxy) is 1. The van der Waals surface area contributed by atoms with E-state index in [1.807, 2.05) is 0 Å². The number of rotatable bonds is 5. The van der Waals surface area contributed by atoms with Gasteiger partial charge in [-0.2, -0.15) is 0 Å². The Morgan fingerprint density at radius 3 is 2.48 bits per heavy atom. The second-order valence-corrected chi connectivity index (χ2v) is 6.17. The lowest BCUT2D eigenvalue weighted by atomic mass is 10.2. The van der Waals surface area contributed by atoms with Gasteiger partial charge in [0.1, 0.15) is 11.2 Å². The molecule has 0 atom stereocenters. The summed E-state index contributed by atoms with van der Waals surface area (Å²) in [7, 11) is 0. The van der Waals surface area contributed by atoms with Crippen LogP contribution in [-0.2, 0) is 9.53 Å². The molecular formula is C13H15NO6S. The Kier molecular flexibility index (Phi) is 5.31. The second kappa shape index (κ2) is 6.57. The summed E-state index contributed by atoms with van der Waals surface area (Å²) in [6.45, 7) is 5.21. The van der Waals surface area contributed by atoms with Crippen LogP contribution < -0.4 is 0 Å². The van der Waals surface area contributed by atoms with Gasteiger partial charge in [-0.1, -0.05) is 0 Å². The maximum absolute atomic E-state index is 11.6. The van der Waals surface area contributed by atoms with Gasteiger partial charge in [-0.3, -0.25) is 14.9 Å². The third-order valence-corrected chi connectivity index (χ3v) is 3.14. The molecule has 1 N–H and O–H groups in total. The quantitative estimate of drug-likeness (QED) is 0.385. The predicted octanol–water partition coefficient (Wildman–Crippen LogP) is 2.73. The first-order valence-electron chi connectivity index (χ1n) is 5.96. The molecular weight excluding hydrogens is 298 g/mol. The number of aromatic carboxylic acids is 1. The number of nitro benzene ring substituents is 1. The van der Waals surface area contributed by atoms with Crippen LogP contribution in [0, 0.1) is 10.1 Å². The lowest BCUT2D eigenvalue weighted by molar-refractivity contribution is -0.385.